The fourth-order valence-corrected chi connectivity index (χ4v) is 3.32. The molecule has 4 aromatic rings. The minimum Gasteiger partial charge on any atom is -0.478 e. The fraction of sp³-hybridized carbons (Fsp3) is 0.167. The largest absolute Gasteiger partial charge is 0.478 e. The normalized spacial score (nSPS) is 11.5. The van der Waals surface area contributed by atoms with Gasteiger partial charge in [-0.2, -0.15) is 0 Å². The van der Waals surface area contributed by atoms with Gasteiger partial charge in [0.2, 0.25) is 5.89 Å². The van der Waals surface area contributed by atoms with Gasteiger partial charge in [0.1, 0.15) is 11.3 Å². The van der Waals surface area contributed by atoms with Crippen molar-refractivity contribution in [1.29, 1.82) is 0 Å². The summed E-state index contributed by atoms with van der Waals surface area (Å²) in [5.41, 5.74) is 2.54. The molecular weight excluding hydrogens is 435 g/mol. The zero-order chi connectivity index (χ0) is 22.2. The lowest BCUT2D eigenvalue weighted by atomic mass is 10.1. The standard InChI is InChI=1S/C24H20Cl2N2O3/c1-14-4-11-19-21(12-14)30-22(27-19)15-5-10-18(26)20(13-15)28-23(29)24(2,3)31-17-8-6-16(25)7-9-17/h4-13H,1-3H3,(H,28,29). The average Bonchev–Trinajstić information content (AvgIpc) is 3.14. The van der Waals surface area contributed by atoms with Crippen LogP contribution in [0.15, 0.2) is 65.1 Å². The van der Waals surface area contributed by atoms with Gasteiger partial charge in [0.05, 0.1) is 10.7 Å². The highest BCUT2D eigenvalue weighted by Gasteiger charge is 2.30. The average molecular weight is 455 g/mol. The lowest BCUT2D eigenvalue weighted by Gasteiger charge is -2.25. The van der Waals surface area contributed by atoms with E-state index in [9.17, 15) is 4.79 Å². The minimum atomic E-state index is -1.15. The molecule has 0 spiro atoms. The first kappa shape index (κ1) is 21.2. The Balaban J connectivity index is 1.57. The lowest BCUT2D eigenvalue weighted by molar-refractivity contribution is -0.128. The number of rotatable bonds is 5. The van der Waals surface area contributed by atoms with Crippen LogP contribution in [-0.4, -0.2) is 16.5 Å². The Hall–Kier alpha value is -3.02. The zero-order valence-electron chi connectivity index (χ0n) is 17.2. The summed E-state index contributed by atoms with van der Waals surface area (Å²) in [6.07, 6.45) is 0. The number of halogens is 2. The van der Waals surface area contributed by atoms with E-state index in [0.717, 1.165) is 11.1 Å². The van der Waals surface area contributed by atoms with Crippen LogP contribution >= 0.6 is 23.2 Å². The third kappa shape index (κ3) is 4.68. The molecule has 0 radical (unpaired) electrons. The van der Waals surface area contributed by atoms with E-state index in [4.69, 9.17) is 32.4 Å². The van der Waals surface area contributed by atoms with Crippen LogP contribution in [0.1, 0.15) is 19.4 Å². The maximum absolute atomic E-state index is 12.9. The highest BCUT2D eigenvalue weighted by Crippen LogP contribution is 2.31. The number of carbonyl (C=O) groups is 1. The number of oxazole rings is 1. The molecule has 0 aliphatic carbocycles. The second-order valence-corrected chi connectivity index (χ2v) is 8.55. The van der Waals surface area contributed by atoms with Crippen LogP contribution < -0.4 is 10.1 Å². The molecule has 0 aliphatic heterocycles. The van der Waals surface area contributed by atoms with E-state index in [1.807, 2.05) is 25.1 Å². The maximum Gasteiger partial charge on any atom is 0.268 e. The van der Waals surface area contributed by atoms with E-state index in [-0.39, 0.29) is 5.91 Å². The highest BCUT2D eigenvalue weighted by atomic mass is 35.5. The summed E-state index contributed by atoms with van der Waals surface area (Å²) >= 11 is 12.2. The smallest absolute Gasteiger partial charge is 0.268 e. The summed E-state index contributed by atoms with van der Waals surface area (Å²) in [6, 6.07) is 17.9. The lowest BCUT2D eigenvalue weighted by Crippen LogP contribution is -2.42. The van der Waals surface area contributed by atoms with Crippen molar-refractivity contribution in [1.82, 2.24) is 4.98 Å². The first-order valence-electron chi connectivity index (χ1n) is 9.64. The molecule has 31 heavy (non-hydrogen) atoms. The summed E-state index contributed by atoms with van der Waals surface area (Å²) in [6.45, 7) is 5.35. The first-order chi connectivity index (χ1) is 14.7. The Labute approximate surface area is 189 Å². The Morgan fingerprint density at radius 3 is 2.52 bits per heavy atom. The van der Waals surface area contributed by atoms with Crippen LogP contribution in [0.3, 0.4) is 0 Å². The molecule has 4 rings (SSSR count). The van der Waals surface area contributed by atoms with Crippen LogP contribution in [0, 0.1) is 6.92 Å². The van der Waals surface area contributed by atoms with E-state index in [1.165, 1.54) is 0 Å². The van der Waals surface area contributed by atoms with Gasteiger partial charge >= 0.3 is 0 Å². The predicted octanol–water partition coefficient (Wildman–Crippen LogP) is 6.91. The Morgan fingerprint density at radius 2 is 1.77 bits per heavy atom. The van der Waals surface area contributed by atoms with Gasteiger partial charge in [0.25, 0.3) is 5.91 Å². The van der Waals surface area contributed by atoms with E-state index in [0.29, 0.717) is 38.5 Å². The Kier molecular flexibility index (Phi) is 5.65. The summed E-state index contributed by atoms with van der Waals surface area (Å²) in [5.74, 6) is 0.630. The van der Waals surface area contributed by atoms with Crippen molar-refractivity contribution >= 4 is 45.9 Å². The van der Waals surface area contributed by atoms with Crippen molar-refractivity contribution in [3.63, 3.8) is 0 Å². The van der Waals surface area contributed by atoms with Crippen molar-refractivity contribution in [2.24, 2.45) is 0 Å². The molecule has 0 fully saturated rings. The number of ether oxygens (including phenoxy) is 1. The number of amides is 1. The molecular formula is C24H20Cl2N2O3. The molecule has 1 N–H and O–H groups in total. The highest BCUT2D eigenvalue weighted by molar-refractivity contribution is 6.34. The number of nitrogens with zero attached hydrogens (tertiary/aromatic N) is 1. The van der Waals surface area contributed by atoms with Crippen molar-refractivity contribution in [3.05, 3.63) is 76.3 Å². The summed E-state index contributed by atoms with van der Waals surface area (Å²) in [5, 5.41) is 3.83. The minimum absolute atomic E-state index is 0.352. The van der Waals surface area contributed by atoms with Crippen molar-refractivity contribution in [2.75, 3.05) is 5.32 Å². The molecule has 0 bridgehead atoms. The number of hydrogen-bond acceptors (Lipinski definition) is 4. The van der Waals surface area contributed by atoms with Gasteiger partial charge in [-0.15, -0.1) is 0 Å². The van der Waals surface area contributed by atoms with Gasteiger partial charge in [-0.3, -0.25) is 4.79 Å². The van der Waals surface area contributed by atoms with Crippen LogP contribution in [-0.2, 0) is 4.79 Å². The number of benzene rings is 3. The molecule has 0 atom stereocenters. The summed E-state index contributed by atoms with van der Waals surface area (Å²) in [4.78, 5) is 17.5. The van der Waals surface area contributed by atoms with E-state index < -0.39 is 5.60 Å². The third-order valence-corrected chi connectivity index (χ3v) is 5.32. The van der Waals surface area contributed by atoms with Gasteiger partial charge in [-0.25, -0.2) is 4.98 Å². The number of aromatic nitrogens is 1. The van der Waals surface area contributed by atoms with Gasteiger partial charge in [0.15, 0.2) is 11.2 Å². The SMILES string of the molecule is Cc1ccc2nc(-c3ccc(Cl)c(NC(=O)C(C)(C)Oc4ccc(Cl)cc4)c3)oc2c1. The zero-order valence-corrected chi connectivity index (χ0v) is 18.7. The number of aryl methyl sites for hydroxylation is 1. The number of anilines is 1. The molecule has 1 amide bonds. The van der Waals surface area contributed by atoms with Crippen molar-refractivity contribution in [2.45, 2.75) is 26.4 Å². The van der Waals surface area contributed by atoms with Gasteiger partial charge < -0.3 is 14.5 Å². The predicted molar refractivity (Wildman–Crippen MR) is 124 cm³/mol. The molecule has 0 saturated heterocycles. The van der Waals surface area contributed by atoms with Crippen LogP contribution in [0.5, 0.6) is 5.75 Å². The Bertz CT molecular complexity index is 1260. The fourth-order valence-electron chi connectivity index (χ4n) is 3.03. The maximum atomic E-state index is 12.9. The third-order valence-electron chi connectivity index (χ3n) is 4.74. The first-order valence-corrected chi connectivity index (χ1v) is 10.4. The summed E-state index contributed by atoms with van der Waals surface area (Å²) < 4.78 is 11.7. The number of hydrogen-bond donors (Lipinski definition) is 1. The molecule has 7 heteroatoms. The van der Waals surface area contributed by atoms with E-state index >= 15 is 0 Å². The topological polar surface area (TPSA) is 64.4 Å². The quantitative estimate of drug-likeness (QED) is 0.355. The molecule has 1 heterocycles. The number of carbonyl (C=O) groups excluding carboxylic acids is 1. The number of nitrogens with one attached hydrogen (secondary N) is 1. The van der Waals surface area contributed by atoms with Crippen LogP contribution in [0.2, 0.25) is 10.0 Å². The summed E-state index contributed by atoms with van der Waals surface area (Å²) in [7, 11) is 0. The van der Waals surface area contributed by atoms with E-state index in [2.05, 4.69) is 10.3 Å². The van der Waals surface area contributed by atoms with Crippen LogP contribution in [0.25, 0.3) is 22.6 Å². The monoisotopic (exact) mass is 454 g/mol. The molecule has 3 aromatic carbocycles. The van der Waals surface area contributed by atoms with Gasteiger partial charge in [-0.1, -0.05) is 29.3 Å². The van der Waals surface area contributed by atoms with Gasteiger partial charge in [-0.05, 0) is 80.9 Å². The van der Waals surface area contributed by atoms with Gasteiger partial charge in [0, 0.05) is 10.6 Å². The van der Waals surface area contributed by atoms with Crippen molar-refractivity contribution in [3.8, 4) is 17.2 Å². The number of fused-ring (bicyclic) bond motifs is 1. The Morgan fingerprint density at radius 1 is 1.03 bits per heavy atom. The second kappa shape index (κ2) is 8.25. The molecule has 0 aliphatic rings. The van der Waals surface area contributed by atoms with E-state index in [1.54, 1.807) is 56.3 Å². The van der Waals surface area contributed by atoms with Crippen molar-refractivity contribution < 1.29 is 13.9 Å². The second-order valence-electron chi connectivity index (χ2n) is 7.71. The molecule has 0 unspecified atom stereocenters. The molecule has 0 saturated carbocycles. The molecule has 1 aromatic heterocycles. The molecule has 5 nitrogen and oxygen atoms in total. The van der Waals surface area contributed by atoms with Crippen LogP contribution in [0.4, 0.5) is 5.69 Å². The molecule has 158 valence electrons.